The van der Waals surface area contributed by atoms with E-state index in [9.17, 15) is 0 Å². The first-order valence-corrected chi connectivity index (χ1v) is 5.46. The smallest absolute Gasteiger partial charge is 0.292 e. The molecule has 0 atom stereocenters. The predicted molar refractivity (Wildman–Crippen MR) is 51.3 cm³/mol. The summed E-state index contributed by atoms with van der Waals surface area (Å²) >= 11 is 0. The van der Waals surface area contributed by atoms with Crippen LogP contribution in [0.4, 0.5) is 0 Å². The maximum atomic E-state index is 2.27. The molecule has 0 saturated heterocycles. The number of rotatable bonds is 6. The summed E-state index contributed by atoms with van der Waals surface area (Å²) in [6.07, 6.45) is 8.49. The van der Waals surface area contributed by atoms with Gasteiger partial charge in [-0.1, -0.05) is 52.4 Å². The van der Waals surface area contributed by atoms with Crippen molar-refractivity contribution < 1.29 is 29.6 Å². The third-order valence-corrected chi connectivity index (χ3v) is 2.75. The van der Waals surface area contributed by atoms with Gasteiger partial charge in [-0.15, -0.1) is 0 Å². The molecular formula is C9H21NaSi. The van der Waals surface area contributed by atoms with Crippen LogP contribution in [0.25, 0.3) is 0 Å². The molecule has 11 heavy (non-hydrogen) atoms. The summed E-state index contributed by atoms with van der Waals surface area (Å²) in [6, 6.07) is 0. The van der Waals surface area contributed by atoms with E-state index in [2.05, 4.69) is 24.1 Å². The minimum absolute atomic E-state index is 0. The van der Waals surface area contributed by atoms with Crippen molar-refractivity contribution in [3.63, 3.8) is 0 Å². The summed E-state index contributed by atoms with van der Waals surface area (Å²) in [7, 11) is 2.19. The van der Waals surface area contributed by atoms with Crippen molar-refractivity contribution in [2.24, 2.45) is 0 Å². The summed E-state index contributed by atoms with van der Waals surface area (Å²) in [5.41, 5.74) is 1.000. The maximum absolute atomic E-state index is 2.27. The van der Waals surface area contributed by atoms with Crippen molar-refractivity contribution in [3.05, 3.63) is 0 Å². The molecule has 0 aromatic carbocycles. The molecule has 0 N–H and O–H groups in total. The molecule has 0 aromatic heterocycles. The van der Waals surface area contributed by atoms with E-state index in [1.54, 1.807) is 0 Å². The summed E-state index contributed by atoms with van der Waals surface area (Å²) in [4.78, 5) is 0. The molecule has 0 saturated carbocycles. The molecule has 0 radical (unpaired) electrons. The Balaban J connectivity index is 0. The van der Waals surface area contributed by atoms with Gasteiger partial charge in [0.25, 0.3) is 0 Å². The molecule has 0 aliphatic carbocycles. The zero-order chi connectivity index (χ0) is 7.82. The molecule has 0 fully saturated rings. The van der Waals surface area contributed by atoms with Crippen LogP contribution in [0, 0.1) is 0 Å². The summed E-state index contributed by atoms with van der Waals surface area (Å²) in [5.74, 6) is 0. The third kappa shape index (κ3) is 11.2. The Kier molecular flexibility index (Phi) is 15.0. The van der Waals surface area contributed by atoms with Crippen LogP contribution >= 0.6 is 0 Å². The van der Waals surface area contributed by atoms with Crippen molar-refractivity contribution >= 4 is 10.2 Å². The molecule has 0 aliphatic rings. The SMILES string of the molecule is CCCCC([SiH2-])CCCC.[Na+]. The van der Waals surface area contributed by atoms with Crippen LogP contribution in [-0.4, -0.2) is 10.2 Å². The predicted octanol–water partition coefficient (Wildman–Crippen LogP) is -0.208. The fraction of sp³-hybridized carbons (Fsp3) is 1.00. The fourth-order valence-corrected chi connectivity index (χ4v) is 1.71. The average molecular weight is 180 g/mol. The molecule has 0 amide bonds. The van der Waals surface area contributed by atoms with Gasteiger partial charge in [0.2, 0.25) is 0 Å². The van der Waals surface area contributed by atoms with Crippen LogP contribution in [0.1, 0.15) is 52.4 Å². The van der Waals surface area contributed by atoms with Crippen molar-refractivity contribution in [2.75, 3.05) is 0 Å². The number of unbranched alkanes of at least 4 members (excludes halogenated alkanes) is 2. The van der Waals surface area contributed by atoms with E-state index in [1.165, 1.54) is 38.5 Å². The van der Waals surface area contributed by atoms with Gasteiger partial charge in [0, 0.05) is 0 Å². The van der Waals surface area contributed by atoms with Gasteiger partial charge in [-0.25, -0.2) is 0 Å². The Morgan fingerprint density at radius 1 is 1.00 bits per heavy atom. The van der Waals surface area contributed by atoms with Crippen molar-refractivity contribution in [3.8, 4) is 0 Å². The Morgan fingerprint density at radius 3 is 1.64 bits per heavy atom. The van der Waals surface area contributed by atoms with Crippen molar-refractivity contribution in [1.82, 2.24) is 0 Å². The Hall–Kier alpha value is 1.22. The van der Waals surface area contributed by atoms with Gasteiger partial charge in [0.05, 0.1) is 0 Å². The van der Waals surface area contributed by atoms with E-state index in [1.807, 2.05) is 0 Å². The molecule has 0 nitrogen and oxygen atoms in total. The molecule has 0 heterocycles. The summed E-state index contributed by atoms with van der Waals surface area (Å²) in [5, 5.41) is 0. The summed E-state index contributed by atoms with van der Waals surface area (Å²) < 4.78 is 0. The average Bonchev–Trinajstić information content (AvgIpc) is 1.97. The van der Waals surface area contributed by atoms with Gasteiger partial charge in [-0.05, 0) is 0 Å². The van der Waals surface area contributed by atoms with Crippen LogP contribution in [0.5, 0.6) is 0 Å². The second-order valence-electron chi connectivity index (χ2n) is 3.15. The standard InChI is InChI=1S/C9H21Si.Na/c1-3-5-7-9(10)8-6-4-2;/h9H,3-8,10H2,1-2H3;/q-1;+1. The van der Waals surface area contributed by atoms with Crippen LogP contribution < -0.4 is 29.6 Å². The van der Waals surface area contributed by atoms with Gasteiger partial charge in [0.1, 0.15) is 0 Å². The van der Waals surface area contributed by atoms with Crippen LogP contribution in [0.3, 0.4) is 0 Å². The van der Waals surface area contributed by atoms with E-state index in [0.717, 1.165) is 5.54 Å². The molecule has 0 unspecified atom stereocenters. The van der Waals surface area contributed by atoms with Crippen LogP contribution in [0.2, 0.25) is 5.54 Å². The zero-order valence-electron chi connectivity index (χ0n) is 8.53. The van der Waals surface area contributed by atoms with E-state index in [4.69, 9.17) is 0 Å². The Labute approximate surface area is 97.2 Å². The van der Waals surface area contributed by atoms with E-state index in [0.29, 0.717) is 0 Å². The second-order valence-corrected chi connectivity index (χ2v) is 4.31. The molecule has 0 spiro atoms. The minimum atomic E-state index is 0. The van der Waals surface area contributed by atoms with Crippen molar-refractivity contribution in [2.45, 2.75) is 57.9 Å². The van der Waals surface area contributed by atoms with E-state index < -0.39 is 0 Å². The first-order valence-electron chi connectivity index (χ1n) is 4.64. The van der Waals surface area contributed by atoms with Crippen LogP contribution in [0.15, 0.2) is 0 Å². The van der Waals surface area contributed by atoms with Gasteiger partial charge in [-0.2, -0.15) is 5.54 Å². The summed E-state index contributed by atoms with van der Waals surface area (Å²) in [6.45, 7) is 4.55. The molecule has 2 heteroatoms. The molecule has 62 valence electrons. The second kappa shape index (κ2) is 11.2. The van der Waals surface area contributed by atoms with E-state index in [-0.39, 0.29) is 29.6 Å². The van der Waals surface area contributed by atoms with Gasteiger partial charge >= 0.3 is 29.6 Å². The topological polar surface area (TPSA) is 0 Å². The first kappa shape index (κ1) is 14.7. The molecule has 0 aromatic rings. The normalized spacial score (nSPS) is 9.82. The number of hydrogen-bond donors (Lipinski definition) is 0. The van der Waals surface area contributed by atoms with Gasteiger partial charge in [0.15, 0.2) is 0 Å². The number of hydrogen-bond acceptors (Lipinski definition) is 0. The molecule has 0 rings (SSSR count). The van der Waals surface area contributed by atoms with Crippen LogP contribution in [-0.2, 0) is 0 Å². The molecule has 0 aliphatic heterocycles. The fourth-order valence-electron chi connectivity index (χ4n) is 1.13. The van der Waals surface area contributed by atoms with E-state index >= 15 is 0 Å². The van der Waals surface area contributed by atoms with Gasteiger partial charge < -0.3 is 0 Å². The molecular weight excluding hydrogens is 159 g/mol. The third-order valence-electron chi connectivity index (χ3n) is 1.93. The monoisotopic (exact) mass is 180 g/mol. The largest absolute Gasteiger partial charge is 1.00 e. The maximum Gasteiger partial charge on any atom is 1.00 e. The Morgan fingerprint density at radius 2 is 1.36 bits per heavy atom. The Bertz CT molecular complexity index is 58.6. The first-order chi connectivity index (χ1) is 4.81. The van der Waals surface area contributed by atoms with Crippen molar-refractivity contribution in [1.29, 1.82) is 0 Å². The molecule has 0 bridgehead atoms. The quantitative estimate of drug-likeness (QED) is 0.496. The van der Waals surface area contributed by atoms with Gasteiger partial charge in [-0.3, -0.25) is 10.2 Å². The zero-order valence-corrected chi connectivity index (χ0v) is 11.9. The minimum Gasteiger partial charge on any atom is -0.292 e.